The van der Waals surface area contributed by atoms with E-state index in [-0.39, 0.29) is 0 Å². The standard InChI is InChI=1S/C14H25N3S/c1-12-4-10-18-14(12)3-5-16-11-13(2)17-8-6-15-7-9-17/h4,10,13,15-16H,3,5-9,11H2,1-2H3. The lowest BCUT2D eigenvalue weighted by molar-refractivity contribution is 0.181. The van der Waals surface area contributed by atoms with Gasteiger partial charge in [-0.2, -0.15) is 0 Å². The van der Waals surface area contributed by atoms with E-state index < -0.39 is 0 Å². The molecule has 1 aliphatic rings. The Labute approximate surface area is 115 Å². The molecule has 0 aromatic carbocycles. The highest BCUT2D eigenvalue weighted by Gasteiger charge is 2.15. The number of piperazine rings is 1. The highest BCUT2D eigenvalue weighted by Crippen LogP contribution is 2.15. The van der Waals surface area contributed by atoms with Crippen molar-refractivity contribution in [1.29, 1.82) is 0 Å². The van der Waals surface area contributed by atoms with E-state index in [9.17, 15) is 0 Å². The molecular formula is C14H25N3S. The molecule has 1 atom stereocenters. The molecule has 0 bridgehead atoms. The Morgan fingerprint density at radius 2 is 2.22 bits per heavy atom. The van der Waals surface area contributed by atoms with Crippen molar-refractivity contribution in [1.82, 2.24) is 15.5 Å². The number of hydrogen-bond acceptors (Lipinski definition) is 4. The van der Waals surface area contributed by atoms with E-state index in [1.165, 1.54) is 23.5 Å². The molecule has 4 heteroatoms. The summed E-state index contributed by atoms with van der Waals surface area (Å²) in [6, 6.07) is 2.86. The molecule has 102 valence electrons. The van der Waals surface area contributed by atoms with E-state index in [0.717, 1.165) is 32.6 Å². The second-order valence-electron chi connectivity index (χ2n) is 5.12. The van der Waals surface area contributed by atoms with Gasteiger partial charge in [-0.25, -0.2) is 0 Å². The molecule has 0 amide bonds. The Balaban J connectivity index is 1.61. The highest BCUT2D eigenvalue weighted by atomic mass is 32.1. The maximum absolute atomic E-state index is 3.59. The highest BCUT2D eigenvalue weighted by molar-refractivity contribution is 7.10. The van der Waals surface area contributed by atoms with Crippen LogP contribution in [0.25, 0.3) is 0 Å². The van der Waals surface area contributed by atoms with Crippen molar-refractivity contribution in [2.45, 2.75) is 26.3 Å². The Morgan fingerprint density at radius 1 is 1.44 bits per heavy atom. The Hall–Kier alpha value is -0.420. The summed E-state index contributed by atoms with van der Waals surface area (Å²) in [4.78, 5) is 4.09. The van der Waals surface area contributed by atoms with Crippen LogP contribution < -0.4 is 10.6 Å². The molecule has 1 aromatic heterocycles. The van der Waals surface area contributed by atoms with Crippen LogP contribution in [-0.2, 0) is 6.42 Å². The fourth-order valence-electron chi connectivity index (χ4n) is 2.43. The first kappa shape index (κ1) is 14.0. The molecule has 2 heterocycles. The largest absolute Gasteiger partial charge is 0.315 e. The second-order valence-corrected chi connectivity index (χ2v) is 6.12. The van der Waals surface area contributed by atoms with Gasteiger partial charge in [0.2, 0.25) is 0 Å². The van der Waals surface area contributed by atoms with Crippen LogP contribution in [0.5, 0.6) is 0 Å². The Kier molecular flexibility index (Phi) is 5.63. The van der Waals surface area contributed by atoms with Crippen molar-refractivity contribution in [3.8, 4) is 0 Å². The minimum Gasteiger partial charge on any atom is -0.315 e. The van der Waals surface area contributed by atoms with Crippen LogP contribution in [0.2, 0.25) is 0 Å². The molecule has 0 spiro atoms. The molecule has 1 unspecified atom stereocenters. The molecule has 1 saturated heterocycles. The van der Waals surface area contributed by atoms with E-state index in [1.807, 2.05) is 11.3 Å². The third-order valence-electron chi connectivity index (χ3n) is 3.71. The lowest BCUT2D eigenvalue weighted by Crippen LogP contribution is -2.50. The summed E-state index contributed by atoms with van der Waals surface area (Å²) in [5.74, 6) is 0. The van der Waals surface area contributed by atoms with Gasteiger partial charge in [0, 0.05) is 50.2 Å². The molecule has 1 aromatic rings. The van der Waals surface area contributed by atoms with E-state index in [2.05, 4.69) is 40.8 Å². The van der Waals surface area contributed by atoms with E-state index >= 15 is 0 Å². The molecule has 0 aliphatic carbocycles. The van der Waals surface area contributed by atoms with Crippen molar-refractivity contribution in [3.05, 3.63) is 21.9 Å². The van der Waals surface area contributed by atoms with Crippen molar-refractivity contribution >= 4 is 11.3 Å². The topological polar surface area (TPSA) is 27.3 Å². The van der Waals surface area contributed by atoms with Crippen molar-refractivity contribution in [2.75, 3.05) is 39.3 Å². The first-order chi connectivity index (χ1) is 8.77. The van der Waals surface area contributed by atoms with Gasteiger partial charge in [0.1, 0.15) is 0 Å². The maximum Gasteiger partial charge on any atom is 0.0193 e. The van der Waals surface area contributed by atoms with Crippen LogP contribution in [0.4, 0.5) is 0 Å². The SMILES string of the molecule is Cc1ccsc1CCNCC(C)N1CCNCC1. The maximum atomic E-state index is 3.59. The molecule has 2 rings (SSSR count). The van der Waals surface area contributed by atoms with Crippen LogP contribution in [0.1, 0.15) is 17.4 Å². The average molecular weight is 267 g/mol. The fourth-order valence-corrected chi connectivity index (χ4v) is 3.34. The summed E-state index contributed by atoms with van der Waals surface area (Å²) in [6.07, 6.45) is 1.16. The van der Waals surface area contributed by atoms with Crippen molar-refractivity contribution < 1.29 is 0 Å². The number of thiophene rings is 1. The summed E-state index contributed by atoms with van der Waals surface area (Å²) in [6.45, 7) is 11.4. The van der Waals surface area contributed by atoms with E-state index in [4.69, 9.17) is 0 Å². The zero-order valence-corrected chi connectivity index (χ0v) is 12.4. The zero-order chi connectivity index (χ0) is 12.8. The Bertz CT molecular complexity index is 345. The van der Waals surface area contributed by atoms with Gasteiger partial charge in [-0.05, 0) is 37.3 Å². The molecule has 18 heavy (non-hydrogen) atoms. The number of rotatable bonds is 6. The summed E-state index contributed by atoms with van der Waals surface area (Å²) in [5, 5.41) is 9.18. The minimum atomic E-state index is 0.650. The normalized spacial score (nSPS) is 19.0. The molecule has 0 saturated carbocycles. The molecular weight excluding hydrogens is 242 g/mol. The van der Waals surface area contributed by atoms with Gasteiger partial charge < -0.3 is 10.6 Å². The van der Waals surface area contributed by atoms with Crippen LogP contribution >= 0.6 is 11.3 Å². The summed E-state index contributed by atoms with van der Waals surface area (Å²) in [5.41, 5.74) is 1.44. The van der Waals surface area contributed by atoms with Crippen molar-refractivity contribution in [3.63, 3.8) is 0 Å². The van der Waals surface area contributed by atoms with Gasteiger partial charge in [0.25, 0.3) is 0 Å². The summed E-state index contributed by atoms with van der Waals surface area (Å²) >= 11 is 1.88. The number of nitrogens with one attached hydrogen (secondary N) is 2. The van der Waals surface area contributed by atoms with Crippen LogP contribution in [0, 0.1) is 6.92 Å². The van der Waals surface area contributed by atoms with Gasteiger partial charge >= 0.3 is 0 Å². The van der Waals surface area contributed by atoms with E-state index in [0.29, 0.717) is 6.04 Å². The monoisotopic (exact) mass is 267 g/mol. The second kappa shape index (κ2) is 7.24. The van der Waals surface area contributed by atoms with Gasteiger partial charge in [0.05, 0.1) is 0 Å². The number of aryl methyl sites for hydroxylation is 1. The van der Waals surface area contributed by atoms with Gasteiger partial charge in [-0.3, -0.25) is 4.90 Å². The molecule has 1 aliphatic heterocycles. The first-order valence-corrected chi connectivity index (χ1v) is 7.84. The van der Waals surface area contributed by atoms with Crippen molar-refractivity contribution in [2.24, 2.45) is 0 Å². The van der Waals surface area contributed by atoms with Crippen LogP contribution in [0.3, 0.4) is 0 Å². The summed E-state index contributed by atoms with van der Waals surface area (Å²) in [7, 11) is 0. The average Bonchev–Trinajstić information content (AvgIpc) is 2.81. The zero-order valence-electron chi connectivity index (χ0n) is 11.5. The number of hydrogen-bond donors (Lipinski definition) is 2. The first-order valence-electron chi connectivity index (χ1n) is 6.96. The van der Waals surface area contributed by atoms with Gasteiger partial charge in [0.15, 0.2) is 0 Å². The van der Waals surface area contributed by atoms with Crippen LogP contribution in [0.15, 0.2) is 11.4 Å². The molecule has 0 radical (unpaired) electrons. The molecule has 3 nitrogen and oxygen atoms in total. The predicted octanol–water partition coefficient (Wildman–Crippen LogP) is 1.48. The summed E-state index contributed by atoms with van der Waals surface area (Å²) < 4.78 is 0. The van der Waals surface area contributed by atoms with Gasteiger partial charge in [-0.1, -0.05) is 0 Å². The van der Waals surface area contributed by atoms with E-state index in [1.54, 1.807) is 0 Å². The minimum absolute atomic E-state index is 0.650. The molecule has 2 N–H and O–H groups in total. The van der Waals surface area contributed by atoms with Gasteiger partial charge in [-0.15, -0.1) is 11.3 Å². The fraction of sp³-hybridized carbons (Fsp3) is 0.714. The number of nitrogens with zero attached hydrogens (tertiary/aromatic N) is 1. The predicted molar refractivity (Wildman–Crippen MR) is 79.5 cm³/mol. The third-order valence-corrected chi connectivity index (χ3v) is 4.79. The smallest absolute Gasteiger partial charge is 0.0193 e. The van der Waals surface area contributed by atoms with Crippen LogP contribution in [-0.4, -0.2) is 50.2 Å². The third kappa shape index (κ3) is 4.05. The lowest BCUT2D eigenvalue weighted by Gasteiger charge is -2.32. The Morgan fingerprint density at radius 3 is 2.89 bits per heavy atom. The molecule has 1 fully saturated rings. The lowest BCUT2D eigenvalue weighted by atomic mass is 10.2. The quantitative estimate of drug-likeness (QED) is 0.765.